The van der Waals surface area contributed by atoms with Crippen molar-refractivity contribution in [2.75, 3.05) is 40.0 Å². The molecule has 1 aliphatic heterocycles. The average molecular weight is 280 g/mol. The van der Waals surface area contributed by atoms with Crippen molar-refractivity contribution in [3.05, 3.63) is 0 Å². The highest BCUT2D eigenvalue weighted by molar-refractivity contribution is 7.90. The van der Waals surface area contributed by atoms with Crippen molar-refractivity contribution in [2.45, 2.75) is 31.1 Å². The second-order valence-electron chi connectivity index (χ2n) is 4.67. The van der Waals surface area contributed by atoms with Gasteiger partial charge in [-0.1, -0.05) is 6.92 Å². The molecule has 1 rings (SSSR count). The van der Waals surface area contributed by atoms with Gasteiger partial charge in [0.25, 0.3) is 0 Å². The quantitative estimate of drug-likeness (QED) is 0.639. The van der Waals surface area contributed by atoms with E-state index in [0.29, 0.717) is 26.2 Å². The van der Waals surface area contributed by atoms with E-state index < -0.39 is 20.9 Å². The van der Waals surface area contributed by atoms with Crippen molar-refractivity contribution in [2.24, 2.45) is 0 Å². The van der Waals surface area contributed by atoms with E-state index in [2.05, 4.69) is 10.0 Å². The average Bonchev–Trinajstić information content (AvgIpc) is 2.83. The number of hydrogen-bond donors (Lipinski definition) is 2. The summed E-state index contributed by atoms with van der Waals surface area (Å²) in [5.74, 6) is 0. The largest absolute Gasteiger partial charge is 0.378 e. The molecule has 1 heterocycles. The zero-order chi connectivity index (χ0) is 13.6. The van der Waals surface area contributed by atoms with Crippen molar-refractivity contribution in [3.8, 4) is 0 Å². The van der Waals surface area contributed by atoms with Crippen LogP contribution in [0, 0.1) is 0 Å². The molecule has 0 bridgehead atoms. The lowest BCUT2D eigenvalue weighted by atomic mass is 10.0. The monoisotopic (exact) mass is 280 g/mol. The second kappa shape index (κ2) is 6.81. The predicted molar refractivity (Wildman–Crippen MR) is 70.1 cm³/mol. The molecule has 2 unspecified atom stereocenters. The van der Waals surface area contributed by atoms with E-state index in [1.165, 1.54) is 0 Å². The van der Waals surface area contributed by atoms with Crippen molar-refractivity contribution in [1.29, 1.82) is 0 Å². The lowest BCUT2D eigenvalue weighted by Gasteiger charge is -2.26. The van der Waals surface area contributed by atoms with Gasteiger partial charge in [-0.25, -0.2) is 13.1 Å². The van der Waals surface area contributed by atoms with Gasteiger partial charge in [0.1, 0.15) is 5.60 Å². The summed E-state index contributed by atoms with van der Waals surface area (Å²) in [5, 5.41) is 2.57. The minimum absolute atomic E-state index is 0.266. The van der Waals surface area contributed by atoms with Crippen LogP contribution in [0.4, 0.5) is 0 Å². The van der Waals surface area contributed by atoms with Gasteiger partial charge in [0.05, 0.1) is 11.9 Å². The van der Waals surface area contributed by atoms with Crippen LogP contribution in [0.25, 0.3) is 0 Å². The van der Waals surface area contributed by atoms with Gasteiger partial charge >= 0.3 is 0 Å². The molecular formula is C11H24N2O4S. The van der Waals surface area contributed by atoms with E-state index in [0.717, 1.165) is 6.54 Å². The molecule has 0 amide bonds. The molecule has 0 aromatic rings. The zero-order valence-electron chi connectivity index (χ0n) is 11.4. The fourth-order valence-electron chi connectivity index (χ4n) is 1.79. The third kappa shape index (κ3) is 4.17. The first kappa shape index (κ1) is 15.8. The van der Waals surface area contributed by atoms with Crippen molar-refractivity contribution in [1.82, 2.24) is 10.0 Å². The summed E-state index contributed by atoms with van der Waals surface area (Å²) in [6, 6.07) is 0. The Bertz CT molecular complexity index is 339. The number of nitrogens with one attached hydrogen (secondary N) is 2. The van der Waals surface area contributed by atoms with Gasteiger partial charge in [0, 0.05) is 33.2 Å². The van der Waals surface area contributed by atoms with Crippen LogP contribution in [0.5, 0.6) is 0 Å². The molecule has 6 nitrogen and oxygen atoms in total. The summed E-state index contributed by atoms with van der Waals surface area (Å²) in [6.45, 7) is 6.16. The Labute approximate surface area is 109 Å². The Balaban J connectivity index is 2.50. The topological polar surface area (TPSA) is 76.7 Å². The molecule has 7 heteroatoms. The van der Waals surface area contributed by atoms with Gasteiger partial charge in [0.15, 0.2) is 0 Å². The van der Waals surface area contributed by atoms with Gasteiger partial charge in [-0.3, -0.25) is 0 Å². The Morgan fingerprint density at radius 2 is 2.22 bits per heavy atom. The molecule has 0 spiro atoms. The molecule has 0 aliphatic carbocycles. The molecule has 108 valence electrons. The van der Waals surface area contributed by atoms with Gasteiger partial charge in [-0.05, 0) is 13.5 Å². The fourth-order valence-corrected chi connectivity index (χ4v) is 2.88. The lowest BCUT2D eigenvalue weighted by Crippen LogP contribution is -2.48. The normalized spacial score (nSPS) is 26.4. The number of rotatable bonds is 8. The standard InChI is InChI=1S/C11H24N2O4S/c1-4-12-7-10(2)18(14,15)13-8-11(16-3)5-6-17-9-11/h10,12-13H,4-9H2,1-3H3. The predicted octanol–water partition coefficient (Wildman–Crippen LogP) is -0.291. The number of methoxy groups -OCH3 is 1. The van der Waals surface area contributed by atoms with Crippen molar-refractivity contribution < 1.29 is 17.9 Å². The summed E-state index contributed by atoms with van der Waals surface area (Å²) in [4.78, 5) is 0. The first-order chi connectivity index (χ1) is 8.46. The van der Waals surface area contributed by atoms with Gasteiger partial charge in [-0.15, -0.1) is 0 Å². The minimum Gasteiger partial charge on any atom is -0.378 e. The number of hydrogen-bond acceptors (Lipinski definition) is 5. The van der Waals surface area contributed by atoms with Crippen LogP contribution in [0.1, 0.15) is 20.3 Å². The molecular weight excluding hydrogens is 256 g/mol. The third-order valence-electron chi connectivity index (χ3n) is 3.31. The van der Waals surface area contributed by atoms with E-state index in [9.17, 15) is 8.42 Å². The molecule has 2 atom stereocenters. The van der Waals surface area contributed by atoms with E-state index in [1.807, 2.05) is 6.92 Å². The van der Waals surface area contributed by atoms with Crippen molar-refractivity contribution >= 4 is 10.0 Å². The minimum atomic E-state index is -3.32. The first-order valence-electron chi connectivity index (χ1n) is 6.28. The molecule has 0 aromatic heterocycles. The maximum atomic E-state index is 12.0. The van der Waals surface area contributed by atoms with Crippen LogP contribution in [0.2, 0.25) is 0 Å². The lowest BCUT2D eigenvalue weighted by molar-refractivity contribution is -0.0121. The Kier molecular flexibility index (Phi) is 6.00. The van der Waals surface area contributed by atoms with E-state index >= 15 is 0 Å². The van der Waals surface area contributed by atoms with Gasteiger partial charge in [-0.2, -0.15) is 0 Å². The summed E-state index contributed by atoms with van der Waals surface area (Å²) >= 11 is 0. The summed E-state index contributed by atoms with van der Waals surface area (Å²) in [5.41, 5.74) is -0.509. The van der Waals surface area contributed by atoms with Crippen molar-refractivity contribution in [3.63, 3.8) is 0 Å². The highest BCUT2D eigenvalue weighted by Crippen LogP contribution is 2.21. The Morgan fingerprint density at radius 3 is 2.72 bits per heavy atom. The molecule has 18 heavy (non-hydrogen) atoms. The molecule has 0 radical (unpaired) electrons. The molecule has 1 aliphatic rings. The third-order valence-corrected chi connectivity index (χ3v) is 5.08. The van der Waals surface area contributed by atoms with Crippen LogP contribution in [0.3, 0.4) is 0 Å². The summed E-state index contributed by atoms with van der Waals surface area (Å²) in [7, 11) is -1.73. The molecule has 0 saturated carbocycles. The molecule has 1 fully saturated rings. The number of ether oxygens (including phenoxy) is 2. The summed E-state index contributed by atoms with van der Waals surface area (Å²) in [6.07, 6.45) is 0.716. The highest BCUT2D eigenvalue weighted by Gasteiger charge is 2.36. The summed E-state index contributed by atoms with van der Waals surface area (Å²) < 4.78 is 37.3. The van der Waals surface area contributed by atoms with Crippen LogP contribution in [-0.2, 0) is 19.5 Å². The zero-order valence-corrected chi connectivity index (χ0v) is 12.2. The van der Waals surface area contributed by atoms with Crippen LogP contribution >= 0.6 is 0 Å². The van der Waals surface area contributed by atoms with E-state index in [-0.39, 0.29) is 6.54 Å². The Hall–Kier alpha value is -0.210. The van der Waals surface area contributed by atoms with Gasteiger partial charge in [0.2, 0.25) is 10.0 Å². The fraction of sp³-hybridized carbons (Fsp3) is 1.00. The maximum Gasteiger partial charge on any atom is 0.215 e. The molecule has 0 aromatic carbocycles. The number of sulfonamides is 1. The Morgan fingerprint density at radius 1 is 1.50 bits per heavy atom. The van der Waals surface area contributed by atoms with Crippen LogP contribution in [-0.4, -0.2) is 59.2 Å². The molecule has 2 N–H and O–H groups in total. The van der Waals surface area contributed by atoms with E-state index in [1.54, 1.807) is 14.0 Å². The second-order valence-corrected chi connectivity index (χ2v) is 6.86. The highest BCUT2D eigenvalue weighted by atomic mass is 32.2. The first-order valence-corrected chi connectivity index (χ1v) is 7.82. The van der Waals surface area contributed by atoms with E-state index in [4.69, 9.17) is 9.47 Å². The SMILES string of the molecule is CCNCC(C)S(=O)(=O)NCC1(OC)CCOC1. The molecule has 1 saturated heterocycles. The van der Waals surface area contributed by atoms with Gasteiger partial charge < -0.3 is 14.8 Å². The maximum absolute atomic E-state index is 12.0. The van der Waals surface area contributed by atoms with Crippen LogP contribution in [0.15, 0.2) is 0 Å². The van der Waals surface area contributed by atoms with Crippen LogP contribution < -0.4 is 10.0 Å². The smallest absolute Gasteiger partial charge is 0.215 e.